The quantitative estimate of drug-likeness (QED) is 0.176. The standard InChI is InChI=1S/C20H13FN2O7S/c21-31(29,30)13-5-7(1-3-11(13)24)8-6-10(23)15-17(18(8)26)20(28)14-9(22)2-4-12(25)16(14)19(15)27/h1-6,24-26H,22-23H2. The van der Waals surface area contributed by atoms with E-state index in [2.05, 4.69) is 0 Å². The summed E-state index contributed by atoms with van der Waals surface area (Å²) in [7, 11) is -5.30. The van der Waals surface area contributed by atoms with Gasteiger partial charge in [-0.25, -0.2) is 0 Å². The van der Waals surface area contributed by atoms with Crippen LogP contribution >= 0.6 is 0 Å². The Labute approximate surface area is 174 Å². The number of carbonyl (C=O) groups is 2. The number of aromatic hydroxyl groups is 3. The van der Waals surface area contributed by atoms with E-state index < -0.39 is 49.5 Å². The van der Waals surface area contributed by atoms with Crippen LogP contribution in [0.25, 0.3) is 11.1 Å². The predicted molar refractivity (Wildman–Crippen MR) is 107 cm³/mol. The Morgan fingerprint density at radius 3 is 1.97 bits per heavy atom. The normalized spacial score (nSPS) is 13.1. The third-order valence-corrected chi connectivity index (χ3v) is 5.84. The fraction of sp³-hybridized carbons (Fsp3) is 0. The Kier molecular flexibility index (Phi) is 4.19. The lowest BCUT2D eigenvalue weighted by Crippen LogP contribution is -2.24. The number of hydrogen-bond donors (Lipinski definition) is 5. The zero-order chi connectivity index (χ0) is 22.8. The molecule has 0 spiro atoms. The fourth-order valence-corrected chi connectivity index (χ4v) is 4.17. The molecule has 0 saturated heterocycles. The van der Waals surface area contributed by atoms with Crippen LogP contribution in [0.15, 0.2) is 41.3 Å². The van der Waals surface area contributed by atoms with Crippen LogP contribution in [0.2, 0.25) is 0 Å². The number of anilines is 2. The van der Waals surface area contributed by atoms with E-state index in [9.17, 15) is 37.2 Å². The molecule has 0 aromatic heterocycles. The van der Waals surface area contributed by atoms with E-state index in [1.54, 1.807) is 0 Å². The molecule has 31 heavy (non-hydrogen) atoms. The van der Waals surface area contributed by atoms with E-state index >= 15 is 0 Å². The smallest absolute Gasteiger partial charge is 0.335 e. The van der Waals surface area contributed by atoms with Crippen molar-refractivity contribution in [3.8, 4) is 28.4 Å². The van der Waals surface area contributed by atoms with Gasteiger partial charge in [-0.2, -0.15) is 8.42 Å². The highest BCUT2D eigenvalue weighted by molar-refractivity contribution is 7.86. The maximum absolute atomic E-state index is 13.5. The van der Waals surface area contributed by atoms with E-state index in [0.717, 1.165) is 30.3 Å². The molecule has 0 radical (unpaired) electrons. The third-order valence-electron chi connectivity index (χ3n) is 4.99. The molecule has 0 amide bonds. The van der Waals surface area contributed by atoms with Gasteiger partial charge in [0, 0.05) is 16.9 Å². The number of ketones is 2. The van der Waals surface area contributed by atoms with Gasteiger partial charge >= 0.3 is 10.2 Å². The molecule has 1 aliphatic rings. The number of carbonyl (C=O) groups excluding carboxylic acids is 2. The van der Waals surface area contributed by atoms with Crippen LogP contribution in [-0.2, 0) is 10.2 Å². The molecule has 158 valence electrons. The van der Waals surface area contributed by atoms with Crippen LogP contribution in [0.1, 0.15) is 31.8 Å². The molecule has 0 heterocycles. The van der Waals surface area contributed by atoms with Crippen molar-refractivity contribution in [1.29, 1.82) is 0 Å². The maximum atomic E-state index is 13.5. The molecule has 4 rings (SSSR count). The SMILES string of the molecule is Nc1ccc(O)c2c1C(=O)c1c(O)c(-c3ccc(O)c(S(=O)(=O)F)c3)cc(N)c1C2=O. The molecule has 0 fully saturated rings. The highest BCUT2D eigenvalue weighted by Crippen LogP contribution is 2.45. The van der Waals surface area contributed by atoms with Crippen LogP contribution < -0.4 is 11.5 Å². The van der Waals surface area contributed by atoms with E-state index in [-0.39, 0.29) is 39.2 Å². The van der Waals surface area contributed by atoms with Crippen LogP contribution in [-0.4, -0.2) is 35.3 Å². The fourth-order valence-electron chi connectivity index (χ4n) is 3.59. The third kappa shape index (κ3) is 2.86. The van der Waals surface area contributed by atoms with Gasteiger partial charge in [-0.1, -0.05) is 6.07 Å². The van der Waals surface area contributed by atoms with Gasteiger partial charge in [0.05, 0.1) is 22.3 Å². The highest BCUT2D eigenvalue weighted by Gasteiger charge is 2.38. The lowest BCUT2D eigenvalue weighted by Gasteiger charge is -2.23. The first-order valence-electron chi connectivity index (χ1n) is 8.57. The minimum atomic E-state index is -5.30. The number of benzene rings is 3. The number of rotatable bonds is 2. The largest absolute Gasteiger partial charge is 0.507 e. The van der Waals surface area contributed by atoms with E-state index in [4.69, 9.17) is 11.5 Å². The van der Waals surface area contributed by atoms with Crippen molar-refractivity contribution in [1.82, 2.24) is 0 Å². The van der Waals surface area contributed by atoms with Crippen LogP contribution in [0.3, 0.4) is 0 Å². The lowest BCUT2D eigenvalue weighted by atomic mass is 9.80. The number of halogens is 1. The van der Waals surface area contributed by atoms with Crippen molar-refractivity contribution in [3.05, 3.63) is 58.7 Å². The van der Waals surface area contributed by atoms with E-state index in [1.807, 2.05) is 0 Å². The summed E-state index contributed by atoms with van der Waals surface area (Å²) in [5.74, 6) is -3.82. The summed E-state index contributed by atoms with van der Waals surface area (Å²) in [6.45, 7) is 0. The second kappa shape index (κ2) is 6.44. The molecule has 7 N–H and O–H groups in total. The van der Waals surface area contributed by atoms with Gasteiger partial charge in [0.1, 0.15) is 22.1 Å². The molecule has 0 unspecified atom stereocenters. The van der Waals surface area contributed by atoms with Crippen molar-refractivity contribution >= 4 is 33.2 Å². The summed E-state index contributed by atoms with van der Waals surface area (Å²) >= 11 is 0. The molecule has 0 saturated carbocycles. The topological polar surface area (TPSA) is 181 Å². The summed E-state index contributed by atoms with van der Waals surface area (Å²) < 4.78 is 36.0. The molecule has 3 aromatic carbocycles. The Morgan fingerprint density at radius 2 is 1.32 bits per heavy atom. The molecule has 3 aromatic rings. The number of nitrogen functional groups attached to an aromatic ring is 2. The first kappa shape index (κ1) is 20.2. The molecule has 9 nitrogen and oxygen atoms in total. The maximum Gasteiger partial charge on any atom is 0.335 e. The lowest BCUT2D eigenvalue weighted by molar-refractivity contribution is 0.0975. The Morgan fingerprint density at radius 1 is 0.742 bits per heavy atom. The Hall–Kier alpha value is -4.12. The molecule has 0 bridgehead atoms. The molecule has 11 heteroatoms. The van der Waals surface area contributed by atoms with Gasteiger partial charge in [-0.15, -0.1) is 3.89 Å². The van der Waals surface area contributed by atoms with Crippen molar-refractivity contribution < 1.29 is 37.2 Å². The predicted octanol–water partition coefficient (Wildman–Crippen LogP) is 2.07. The summed E-state index contributed by atoms with van der Waals surface area (Å²) in [5, 5.41) is 30.5. The van der Waals surface area contributed by atoms with Gasteiger partial charge in [0.2, 0.25) is 11.6 Å². The average Bonchev–Trinajstić information content (AvgIpc) is 2.68. The molecular formula is C20H13FN2O7S. The summed E-state index contributed by atoms with van der Waals surface area (Å²) in [4.78, 5) is 25.0. The highest BCUT2D eigenvalue weighted by atomic mass is 32.3. The first-order chi connectivity index (χ1) is 14.4. The molecule has 1 aliphatic carbocycles. The van der Waals surface area contributed by atoms with Gasteiger partial charge < -0.3 is 26.8 Å². The Bertz CT molecular complexity index is 1450. The summed E-state index contributed by atoms with van der Waals surface area (Å²) in [6.07, 6.45) is 0. The monoisotopic (exact) mass is 444 g/mol. The van der Waals surface area contributed by atoms with Crippen molar-refractivity contribution in [2.75, 3.05) is 11.5 Å². The zero-order valence-corrected chi connectivity index (χ0v) is 16.2. The molecule has 0 atom stereocenters. The van der Waals surface area contributed by atoms with Crippen LogP contribution in [0.5, 0.6) is 17.2 Å². The molecule has 0 aliphatic heterocycles. The van der Waals surface area contributed by atoms with Crippen molar-refractivity contribution in [2.45, 2.75) is 4.90 Å². The van der Waals surface area contributed by atoms with Crippen LogP contribution in [0, 0.1) is 0 Å². The van der Waals surface area contributed by atoms with Gasteiger partial charge in [0.25, 0.3) is 0 Å². The summed E-state index contributed by atoms with van der Waals surface area (Å²) in [6, 6.07) is 6.24. The van der Waals surface area contributed by atoms with Gasteiger partial charge in [-0.3, -0.25) is 9.59 Å². The Balaban J connectivity index is 2.03. The first-order valence-corrected chi connectivity index (χ1v) is 9.96. The minimum absolute atomic E-state index is 0.101. The number of fused-ring (bicyclic) bond motifs is 2. The second-order valence-corrected chi connectivity index (χ2v) is 8.13. The number of hydrogen-bond acceptors (Lipinski definition) is 9. The van der Waals surface area contributed by atoms with Crippen LogP contribution in [0.4, 0.5) is 15.3 Å². The van der Waals surface area contributed by atoms with Crippen molar-refractivity contribution in [3.63, 3.8) is 0 Å². The van der Waals surface area contributed by atoms with E-state index in [0.29, 0.717) is 0 Å². The van der Waals surface area contributed by atoms with E-state index in [1.165, 1.54) is 6.07 Å². The van der Waals surface area contributed by atoms with Crippen molar-refractivity contribution in [2.24, 2.45) is 0 Å². The minimum Gasteiger partial charge on any atom is -0.507 e. The summed E-state index contributed by atoms with van der Waals surface area (Å²) in [5.41, 5.74) is 9.57. The zero-order valence-electron chi connectivity index (χ0n) is 15.4. The average molecular weight is 444 g/mol. The van der Waals surface area contributed by atoms with Gasteiger partial charge in [-0.05, 0) is 35.9 Å². The van der Waals surface area contributed by atoms with Gasteiger partial charge in [0.15, 0.2) is 0 Å². The molecular weight excluding hydrogens is 431 g/mol. The number of nitrogens with two attached hydrogens (primary N) is 2. The number of phenolic OH excluding ortho intramolecular Hbond substituents is 3. The number of phenols is 3. The second-order valence-electron chi connectivity index (χ2n) is 6.81.